The molecule has 1 aromatic heterocycles. The molecule has 1 aromatic carbocycles. The summed E-state index contributed by atoms with van der Waals surface area (Å²) in [6, 6.07) is 7.76. The molecule has 23 heavy (non-hydrogen) atoms. The first kappa shape index (κ1) is 14.9. The zero-order valence-electron chi connectivity index (χ0n) is 12.7. The van der Waals surface area contributed by atoms with E-state index in [0.29, 0.717) is 18.3 Å². The number of aromatic nitrogens is 1. The Kier molecular flexibility index (Phi) is 3.92. The molecular weight excluding hydrogens is 314 g/mol. The quantitative estimate of drug-likeness (QED) is 0.886. The maximum absolute atomic E-state index is 12.2. The van der Waals surface area contributed by atoms with Gasteiger partial charge in [-0.1, -0.05) is 23.5 Å². The van der Waals surface area contributed by atoms with Gasteiger partial charge < -0.3 is 14.8 Å². The van der Waals surface area contributed by atoms with Crippen molar-refractivity contribution in [3.05, 3.63) is 24.3 Å². The minimum absolute atomic E-state index is 0.111. The first-order valence-corrected chi connectivity index (χ1v) is 8.69. The molecule has 2 N–H and O–H groups in total. The average molecular weight is 333 g/mol. The average Bonchev–Trinajstić information content (AvgIpc) is 3.13. The van der Waals surface area contributed by atoms with Crippen molar-refractivity contribution < 1.29 is 14.3 Å². The summed E-state index contributed by atoms with van der Waals surface area (Å²) in [4.78, 5) is 16.7. The van der Waals surface area contributed by atoms with E-state index in [1.54, 1.807) is 0 Å². The number of carbonyl (C=O) groups is 1. The van der Waals surface area contributed by atoms with Gasteiger partial charge in [0.05, 0.1) is 22.4 Å². The maximum atomic E-state index is 12.2. The van der Waals surface area contributed by atoms with Gasteiger partial charge in [0.2, 0.25) is 0 Å². The molecule has 0 bridgehead atoms. The SMILES string of the molecule is O=C(Nc1nc2ccccc2s1)N[C@@H]1CCO[C@]2(CCOC2)C1. The molecule has 2 amide bonds. The largest absolute Gasteiger partial charge is 0.378 e. The number of nitrogens with zero attached hydrogens (tertiary/aromatic N) is 1. The van der Waals surface area contributed by atoms with Crippen molar-refractivity contribution >= 4 is 32.7 Å². The number of nitrogens with one attached hydrogen (secondary N) is 2. The van der Waals surface area contributed by atoms with Crippen LogP contribution in [-0.4, -0.2) is 42.5 Å². The predicted octanol–water partition coefficient (Wildman–Crippen LogP) is 2.76. The summed E-state index contributed by atoms with van der Waals surface area (Å²) in [7, 11) is 0. The van der Waals surface area contributed by atoms with E-state index in [1.807, 2.05) is 24.3 Å². The van der Waals surface area contributed by atoms with Crippen LogP contribution in [-0.2, 0) is 9.47 Å². The highest BCUT2D eigenvalue weighted by Crippen LogP contribution is 2.33. The molecule has 4 rings (SSSR count). The van der Waals surface area contributed by atoms with Crippen LogP contribution in [0.4, 0.5) is 9.93 Å². The Morgan fingerprint density at radius 1 is 1.35 bits per heavy atom. The van der Waals surface area contributed by atoms with Crippen molar-refractivity contribution in [3.63, 3.8) is 0 Å². The number of benzene rings is 1. The summed E-state index contributed by atoms with van der Waals surface area (Å²) in [6.45, 7) is 2.03. The van der Waals surface area contributed by atoms with Crippen LogP contribution in [0.1, 0.15) is 19.3 Å². The monoisotopic (exact) mass is 333 g/mol. The number of para-hydroxylation sites is 1. The second-order valence-corrected chi connectivity index (χ2v) is 7.14. The van der Waals surface area contributed by atoms with Gasteiger partial charge in [0.25, 0.3) is 0 Å². The second-order valence-electron chi connectivity index (χ2n) is 6.11. The first-order chi connectivity index (χ1) is 11.2. The zero-order valence-corrected chi connectivity index (χ0v) is 13.5. The van der Waals surface area contributed by atoms with Gasteiger partial charge in [0.15, 0.2) is 5.13 Å². The van der Waals surface area contributed by atoms with Crippen LogP contribution in [0, 0.1) is 0 Å². The first-order valence-electron chi connectivity index (χ1n) is 7.87. The minimum atomic E-state index is -0.204. The lowest BCUT2D eigenvalue weighted by molar-refractivity contribution is -0.0877. The number of carbonyl (C=O) groups excluding carboxylic acids is 1. The van der Waals surface area contributed by atoms with Crippen LogP contribution in [0.25, 0.3) is 10.2 Å². The molecule has 1 spiro atoms. The van der Waals surface area contributed by atoms with E-state index in [9.17, 15) is 4.79 Å². The summed E-state index contributed by atoms with van der Waals surface area (Å²) < 4.78 is 12.4. The Hall–Kier alpha value is -1.70. The lowest BCUT2D eigenvalue weighted by Gasteiger charge is -2.37. The lowest BCUT2D eigenvalue weighted by atomic mass is 9.90. The van der Waals surface area contributed by atoms with Gasteiger partial charge in [-0.25, -0.2) is 9.78 Å². The fourth-order valence-corrected chi connectivity index (χ4v) is 4.12. The molecule has 2 aromatic rings. The fraction of sp³-hybridized carbons (Fsp3) is 0.500. The number of thiazole rings is 1. The van der Waals surface area contributed by atoms with Gasteiger partial charge in [0, 0.05) is 25.7 Å². The van der Waals surface area contributed by atoms with Gasteiger partial charge in [-0.3, -0.25) is 5.32 Å². The second kappa shape index (κ2) is 6.07. The van der Waals surface area contributed by atoms with Crippen LogP contribution in [0.3, 0.4) is 0 Å². The van der Waals surface area contributed by atoms with E-state index >= 15 is 0 Å². The summed E-state index contributed by atoms with van der Waals surface area (Å²) in [6.07, 6.45) is 2.54. The van der Waals surface area contributed by atoms with Gasteiger partial charge in [0.1, 0.15) is 0 Å². The van der Waals surface area contributed by atoms with E-state index < -0.39 is 0 Å². The van der Waals surface area contributed by atoms with Crippen LogP contribution in [0.15, 0.2) is 24.3 Å². The number of urea groups is 1. The molecule has 0 saturated carbocycles. The van der Waals surface area contributed by atoms with Gasteiger partial charge >= 0.3 is 6.03 Å². The normalized spacial score (nSPS) is 27.4. The molecule has 6 nitrogen and oxygen atoms in total. The topological polar surface area (TPSA) is 72.5 Å². The third-order valence-corrected chi connectivity index (χ3v) is 5.36. The molecule has 0 radical (unpaired) electrons. The molecule has 2 atom stereocenters. The highest BCUT2D eigenvalue weighted by atomic mass is 32.1. The number of amides is 2. The van der Waals surface area contributed by atoms with Crippen LogP contribution >= 0.6 is 11.3 Å². The number of fused-ring (bicyclic) bond motifs is 1. The van der Waals surface area contributed by atoms with Gasteiger partial charge in [-0.15, -0.1) is 0 Å². The summed E-state index contributed by atoms with van der Waals surface area (Å²) in [5.41, 5.74) is 0.701. The Balaban J connectivity index is 1.37. The van der Waals surface area contributed by atoms with E-state index in [4.69, 9.17) is 9.47 Å². The molecule has 2 aliphatic rings. The van der Waals surface area contributed by atoms with Crippen molar-refractivity contribution in [2.75, 3.05) is 25.1 Å². The number of anilines is 1. The van der Waals surface area contributed by atoms with Gasteiger partial charge in [-0.2, -0.15) is 0 Å². The zero-order chi connectivity index (χ0) is 15.7. The van der Waals surface area contributed by atoms with E-state index in [2.05, 4.69) is 15.6 Å². The summed E-state index contributed by atoms with van der Waals surface area (Å²) in [5.74, 6) is 0. The number of ether oxygens (including phenoxy) is 2. The molecule has 0 aliphatic carbocycles. The Labute approximate surface area is 138 Å². The molecule has 2 aliphatic heterocycles. The number of hydrogen-bond acceptors (Lipinski definition) is 5. The van der Waals surface area contributed by atoms with Crippen molar-refractivity contribution in [1.82, 2.24) is 10.3 Å². The number of rotatable bonds is 2. The van der Waals surface area contributed by atoms with Crippen LogP contribution in [0.2, 0.25) is 0 Å². The maximum Gasteiger partial charge on any atom is 0.321 e. The molecule has 7 heteroatoms. The Morgan fingerprint density at radius 3 is 3.09 bits per heavy atom. The molecule has 122 valence electrons. The van der Waals surface area contributed by atoms with Crippen LogP contribution in [0.5, 0.6) is 0 Å². The van der Waals surface area contributed by atoms with Crippen molar-refractivity contribution in [3.8, 4) is 0 Å². The highest BCUT2D eigenvalue weighted by Gasteiger charge is 2.41. The number of hydrogen-bond donors (Lipinski definition) is 2. The van der Waals surface area contributed by atoms with Crippen LogP contribution < -0.4 is 10.6 Å². The minimum Gasteiger partial charge on any atom is -0.378 e. The molecule has 2 saturated heterocycles. The third kappa shape index (κ3) is 3.17. The van der Waals surface area contributed by atoms with Crippen molar-refractivity contribution in [2.24, 2.45) is 0 Å². The Morgan fingerprint density at radius 2 is 2.26 bits per heavy atom. The van der Waals surface area contributed by atoms with E-state index in [0.717, 1.165) is 36.1 Å². The molecule has 2 fully saturated rings. The fourth-order valence-electron chi connectivity index (χ4n) is 3.26. The van der Waals surface area contributed by atoms with E-state index in [-0.39, 0.29) is 17.7 Å². The molecule has 0 unspecified atom stereocenters. The third-order valence-electron chi connectivity index (χ3n) is 4.41. The van der Waals surface area contributed by atoms with E-state index in [1.165, 1.54) is 11.3 Å². The van der Waals surface area contributed by atoms with Crippen molar-refractivity contribution in [1.29, 1.82) is 0 Å². The Bertz CT molecular complexity index is 678. The summed E-state index contributed by atoms with van der Waals surface area (Å²) in [5, 5.41) is 6.51. The smallest absolute Gasteiger partial charge is 0.321 e. The molecular formula is C16H19N3O3S. The molecule has 3 heterocycles. The summed E-state index contributed by atoms with van der Waals surface area (Å²) >= 11 is 1.48. The standard InChI is InChI=1S/C16H19N3O3S/c20-14(19-15-18-12-3-1-2-4-13(12)23-15)17-11-5-7-22-16(9-11)6-8-21-10-16/h1-4,11H,5-10H2,(H2,17,18,19,20)/t11-,16-/m1/s1. The predicted molar refractivity (Wildman–Crippen MR) is 88.9 cm³/mol. The highest BCUT2D eigenvalue weighted by molar-refractivity contribution is 7.22. The van der Waals surface area contributed by atoms with Crippen molar-refractivity contribution in [2.45, 2.75) is 30.9 Å². The lowest BCUT2D eigenvalue weighted by Crippen LogP contribution is -2.49. The van der Waals surface area contributed by atoms with Gasteiger partial charge in [-0.05, 0) is 25.0 Å².